The zero-order valence-corrected chi connectivity index (χ0v) is 57.6. The van der Waals surface area contributed by atoms with Crippen molar-refractivity contribution in [3.8, 4) is 0 Å². The summed E-state index contributed by atoms with van der Waals surface area (Å²) in [7, 11) is 0. The van der Waals surface area contributed by atoms with Gasteiger partial charge < -0.3 is 5.11 Å². The number of rotatable bonds is 2. The van der Waals surface area contributed by atoms with Crippen molar-refractivity contribution in [2.45, 2.75) is 172 Å². The lowest BCUT2D eigenvalue weighted by atomic mass is 10.0. The Morgan fingerprint density at radius 2 is 0.453 bits per heavy atom. The van der Waals surface area contributed by atoms with Gasteiger partial charge in [-0.1, -0.05) is 303 Å². The topological polar surface area (TPSA) is 20.2 Å². The van der Waals surface area contributed by atoms with E-state index in [-0.39, 0.29) is 6.61 Å². The normalized spacial score (nSPS) is 9.49. The van der Waals surface area contributed by atoms with Crippen molar-refractivity contribution in [2.24, 2.45) is 0 Å². The fourth-order valence-electron chi connectivity index (χ4n) is 8.38. The smallest absolute Gasteiger partial charge is 0.0681 e. The van der Waals surface area contributed by atoms with E-state index in [9.17, 15) is 0 Å². The zero-order chi connectivity index (χ0) is 64.7. The maximum absolute atomic E-state index is 8.63. The molecule has 0 amide bonds. The van der Waals surface area contributed by atoms with Crippen LogP contribution in [0, 0.1) is 152 Å². The lowest BCUT2D eigenvalue weighted by Gasteiger charge is -2.04. The Labute approximate surface area is 526 Å². The molecule has 1 N–H and O–H groups in total. The molecule has 0 fully saturated rings. The van der Waals surface area contributed by atoms with Crippen molar-refractivity contribution < 1.29 is 5.11 Å². The van der Waals surface area contributed by atoms with Crippen LogP contribution in [0.25, 0.3) is 0 Å². The largest absolute Gasteiger partial charge is 0.392 e. The van der Waals surface area contributed by atoms with E-state index >= 15 is 0 Å². The second-order valence-electron chi connectivity index (χ2n) is 23.4. The highest BCUT2D eigenvalue weighted by atomic mass is 16.3. The molecule has 0 aliphatic rings. The van der Waals surface area contributed by atoms with Crippen molar-refractivity contribution in [3.63, 3.8) is 0 Å². The van der Waals surface area contributed by atoms with Crippen molar-refractivity contribution in [2.75, 3.05) is 0 Å². The lowest BCUT2D eigenvalue weighted by Crippen LogP contribution is -1.86. The fourth-order valence-corrected chi connectivity index (χ4v) is 8.38. The van der Waals surface area contributed by atoms with Crippen LogP contribution in [0.4, 0.5) is 0 Å². The summed E-state index contributed by atoms with van der Waals surface area (Å²) in [5.74, 6) is 0. The van der Waals surface area contributed by atoms with Gasteiger partial charge in [0.15, 0.2) is 0 Å². The molecule has 0 aliphatic carbocycles. The average molecular weight is 1150 g/mol. The summed E-state index contributed by atoms with van der Waals surface area (Å²) in [5, 5.41) is 8.63. The van der Waals surface area contributed by atoms with Crippen LogP contribution in [0.5, 0.6) is 0 Å². The van der Waals surface area contributed by atoms with Crippen LogP contribution in [0.2, 0.25) is 0 Å². The first kappa shape index (κ1) is 76.2. The van der Waals surface area contributed by atoms with Crippen LogP contribution in [0.3, 0.4) is 0 Å². The van der Waals surface area contributed by atoms with E-state index in [0.29, 0.717) is 0 Å². The van der Waals surface area contributed by atoms with E-state index in [1.807, 2.05) is 49.4 Å². The van der Waals surface area contributed by atoms with E-state index in [2.05, 4.69) is 328 Å². The lowest BCUT2D eigenvalue weighted by molar-refractivity contribution is 0.282. The minimum atomic E-state index is 0.139. The third-order valence-corrected chi connectivity index (χ3v) is 14.4. The molecule has 1 heteroatoms. The minimum Gasteiger partial charge on any atom is -0.392 e. The molecule has 1 nitrogen and oxygen atoms in total. The molecule has 0 saturated carbocycles. The summed E-state index contributed by atoms with van der Waals surface area (Å²) in [6, 6.07) is 76.1. The van der Waals surface area contributed by atoms with Crippen LogP contribution >= 0.6 is 0 Å². The Morgan fingerprint density at radius 1 is 0.198 bits per heavy atom. The van der Waals surface area contributed by atoms with Gasteiger partial charge in [0.25, 0.3) is 0 Å². The van der Waals surface area contributed by atoms with Crippen LogP contribution < -0.4 is 0 Å². The molecule has 0 aliphatic heterocycles. The van der Waals surface area contributed by atoms with Crippen molar-refractivity contribution in [1.29, 1.82) is 0 Å². The molecule has 0 radical (unpaired) electrons. The minimum absolute atomic E-state index is 0.139. The second kappa shape index (κ2) is 42.9. The van der Waals surface area contributed by atoms with Gasteiger partial charge in [-0.3, -0.25) is 0 Å². The van der Waals surface area contributed by atoms with Gasteiger partial charge in [0, 0.05) is 0 Å². The number of aryl methyl sites for hydroxylation is 21. The third kappa shape index (κ3) is 36.1. The molecule has 0 heterocycles. The van der Waals surface area contributed by atoms with Gasteiger partial charge in [-0.2, -0.15) is 0 Å². The number of aliphatic hydroxyl groups excluding tert-OH is 1. The Hall–Kier alpha value is -7.84. The van der Waals surface area contributed by atoms with Gasteiger partial charge in [0.05, 0.1) is 6.61 Å². The van der Waals surface area contributed by atoms with Crippen LogP contribution in [0.1, 0.15) is 140 Å². The molecular weight excluding hydrogens is 1040 g/mol. The highest BCUT2D eigenvalue weighted by Crippen LogP contribution is 2.15. The average Bonchev–Trinajstić information content (AvgIpc) is 3.56. The maximum Gasteiger partial charge on any atom is 0.0681 e. The molecule has 86 heavy (non-hydrogen) atoms. The van der Waals surface area contributed by atoms with Gasteiger partial charge in [-0.25, -0.2) is 0 Å². The van der Waals surface area contributed by atoms with Crippen molar-refractivity contribution >= 4 is 0 Å². The molecule has 0 aromatic heterocycles. The number of aliphatic hydroxyl groups is 1. The molecule has 10 aromatic carbocycles. The summed E-state index contributed by atoms with van der Waals surface area (Å²) in [6.07, 6.45) is 1.14. The van der Waals surface area contributed by atoms with E-state index in [1.54, 1.807) is 0 Å². The Balaban J connectivity index is 0.000000478. The number of benzene rings is 10. The molecule has 0 atom stereocenters. The predicted molar refractivity (Wildman–Crippen MR) is 384 cm³/mol. The SMILES string of the molecule is CCc1ccc(C)cc1.Cc1cc(C)c(C)c(C)c1.Cc1cc(C)cc(C)c1.Cc1ccc(C)c(C)c1.Cc1ccc(C)cc1.Cc1ccc(C)cc1.Cc1ccc(CO)cc1.Cc1cccc(C)c1.Cc1cccc(C)c1C.Cc1ccccc1. The highest BCUT2D eigenvalue weighted by Gasteiger charge is 1.97. The van der Waals surface area contributed by atoms with Crippen molar-refractivity contribution in [1.82, 2.24) is 0 Å². The van der Waals surface area contributed by atoms with Gasteiger partial charge >= 0.3 is 0 Å². The standard InChI is InChI=1S/C10H14.4C9H12.C8H10O.3C8H10.C7H8/c1-7-5-8(2)10(4)9(3)6-7;1-7-4-8(2)6-9(3)5-7;1-7-4-5-8(2)9(3)6-7;1-7-5-4-6-8(2)9(7)3;1-3-9-6-4-8(2)5-7-9;1-7-2-4-8(6-9)5-3-7;2*1-7-3-5-8(2)6-4-7;1-7-4-3-5-8(2)6-7;1-7-5-3-2-4-6-7/h5-6H,1-4H3;3*4-6H,1-3H3;4-7H,3H2,1-2H3;2-5,9H,6H2,1H3;3*3-6H,1-2H3;2-6H,1H3. The summed E-state index contributed by atoms with van der Waals surface area (Å²) < 4.78 is 0. The third-order valence-electron chi connectivity index (χ3n) is 14.4. The Bertz CT molecular complexity index is 3150. The van der Waals surface area contributed by atoms with Gasteiger partial charge in [0.2, 0.25) is 0 Å². The summed E-state index contributed by atoms with van der Waals surface area (Å²) in [4.78, 5) is 0. The number of hydrogen-bond acceptors (Lipinski definition) is 1. The molecule has 456 valence electrons. The highest BCUT2D eigenvalue weighted by molar-refractivity contribution is 5.36. The van der Waals surface area contributed by atoms with Crippen molar-refractivity contribution in [3.05, 3.63) is 352 Å². The monoisotopic (exact) mass is 1150 g/mol. The Kier molecular flexibility index (Phi) is 38.0. The quantitative estimate of drug-likeness (QED) is 0.183. The van der Waals surface area contributed by atoms with Crippen LogP contribution in [-0.4, -0.2) is 5.11 Å². The Morgan fingerprint density at radius 3 is 0.733 bits per heavy atom. The number of hydrogen-bond donors (Lipinski definition) is 1. The molecule has 10 rings (SSSR count). The van der Waals surface area contributed by atoms with E-state index in [1.165, 1.54) is 128 Å². The first-order chi connectivity index (χ1) is 40.6. The summed E-state index contributed by atoms with van der Waals surface area (Å²) in [6.45, 7) is 49.0. The van der Waals surface area contributed by atoms with Gasteiger partial charge in [0.1, 0.15) is 0 Å². The molecular formula is C85H110O. The summed E-state index contributed by atoms with van der Waals surface area (Å²) in [5.41, 5.74) is 32.2. The maximum atomic E-state index is 8.63. The first-order valence-electron chi connectivity index (χ1n) is 30.6. The fraction of sp³-hybridized carbons (Fsp3) is 0.294. The molecule has 0 saturated heterocycles. The second-order valence-corrected chi connectivity index (χ2v) is 23.4. The van der Waals surface area contributed by atoms with Crippen LogP contribution in [-0.2, 0) is 13.0 Å². The van der Waals surface area contributed by atoms with Gasteiger partial charge in [-0.05, 0) is 214 Å². The van der Waals surface area contributed by atoms with Crippen LogP contribution in [0.15, 0.2) is 218 Å². The first-order valence-corrected chi connectivity index (χ1v) is 30.6. The molecule has 0 bridgehead atoms. The molecule has 0 unspecified atom stereocenters. The zero-order valence-electron chi connectivity index (χ0n) is 57.6. The van der Waals surface area contributed by atoms with E-state index < -0.39 is 0 Å². The molecule has 0 spiro atoms. The predicted octanol–water partition coefficient (Wildman–Crippen LogP) is 23.7. The summed E-state index contributed by atoms with van der Waals surface area (Å²) >= 11 is 0. The molecule has 10 aromatic rings. The van der Waals surface area contributed by atoms with E-state index in [4.69, 9.17) is 5.11 Å². The van der Waals surface area contributed by atoms with Gasteiger partial charge in [-0.15, -0.1) is 0 Å². The van der Waals surface area contributed by atoms with E-state index in [0.717, 1.165) is 12.0 Å².